The van der Waals surface area contributed by atoms with E-state index in [0.717, 1.165) is 54.4 Å². The zero-order valence-corrected chi connectivity index (χ0v) is 28.2. The predicted molar refractivity (Wildman–Crippen MR) is 182 cm³/mol. The van der Waals surface area contributed by atoms with Gasteiger partial charge in [0.1, 0.15) is 22.8 Å². The number of aromatic hydroxyl groups is 1. The number of hydrogen-bond acceptors (Lipinski definition) is 12. The summed E-state index contributed by atoms with van der Waals surface area (Å²) in [5.41, 5.74) is 0.991. The number of piperidine rings is 1. The van der Waals surface area contributed by atoms with Gasteiger partial charge in [-0.3, -0.25) is 9.78 Å². The summed E-state index contributed by atoms with van der Waals surface area (Å²) in [5.74, 6) is 2.50. The molecule has 11 nitrogen and oxygen atoms in total. The van der Waals surface area contributed by atoms with Crippen molar-refractivity contribution < 1.29 is 23.5 Å². The second-order valence-corrected chi connectivity index (χ2v) is 14.8. The average Bonchev–Trinajstić information content (AvgIpc) is 3.72. The molecule has 47 heavy (non-hydrogen) atoms. The largest absolute Gasteiger partial charge is 0.507 e. The van der Waals surface area contributed by atoms with Crippen LogP contribution in [0.4, 0.5) is 5.13 Å². The highest BCUT2D eigenvalue weighted by Gasteiger charge is 2.26. The summed E-state index contributed by atoms with van der Waals surface area (Å²) in [6, 6.07) is 8.08. The number of thiazole rings is 1. The van der Waals surface area contributed by atoms with Crippen LogP contribution in [0.2, 0.25) is 0 Å². The molecule has 1 aliphatic heterocycles. The summed E-state index contributed by atoms with van der Waals surface area (Å²) in [4.78, 5) is 40.3. The molecule has 13 heteroatoms. The van der Waals surface area contributed by atoms with Gasteiger partial charge in [0.15, 0.2) is 5.13 Å². The van der Waals surface area contributed by atoms with Crippen LogP contribution in [-0.2, 0) is 16.0 Å². The molecule has 5 aromatic rings. The lowest BCUT2D eigenvalue weighted by molar-refractivity contribution is -0.121. The van der Waals surface area contributed by atoms with Crippen molar-refractivity contribution in [1.29, 1.82) is 0 Å². The molecule has 0 unspecified atom stereocenters. The molecule has 246 valence electrons. The number of carbonyl (C=O) groups excluding carboxylic acids is 1. The van der Waals surface area contributed by atoms with Crippen molar-refractivity contribution in [2.75, 3.05) is 31.6 Å². The predicted octanol–water partition coefficient (Wildman–Crippen LogP) is 6.71. The quantitative estimate of drug-likeness (QED) is 0.0875. The molecule has 6 rings (SSSR count). The number of thioether (sulfide) groups is 1. The van der Waals surface area contributed by atoms with Gasteiger partial charge in [-0.15, -0.1) is 11.8 Å². The molecule has 0 bridgehead atoms. The Morgan fingerprint density at radius 2 is 1.91 bits per heavy atom. The first-order chi connectivity index (χ1) is 22.6. The van der Waals surface area contributed by atoms with E-state index in [4.69, 9.17) is 13.6 Å². The smallest absolute Gasteiger partial charge is 0.336 e. The highest BCUT2D eigenvalue weighted by molar-refractivity contribution is 8.00. The minimum absolute atomic E-state index is 0.0104. The summed E-state index contributed by atoms with van der Waals surface area (Å²) in [5, 5.41) is 14.8. The molecule has 1 fully saturated rings. The van der Waals surface area contributed by atoms with Crippen LogP contribution < -0.4 is 15.7 Å². The number of benzene rings is 1. The van der Waals surface area contributed by atoms with Crippen LogP contribution in [0.1, 0.15) is 51.7 Å². The van der Waals surface area contributed by atoms with Crippen LogP contribution in [0.3, 0.4) is 0 Å². The lowest BCUT2D eigenvalue weighted by Gasteiger charge is -2.31. The second-order valence-electron chi connectivity index (χ2n) is 12.5. The van der Waals surface area contributed by atoms with Gasteiger partial charge in [0.05, 0.1) is 34.3 Å². The Bertz CT molecular complexity index is 1890. The maximum atomic E-state index is 13.0. The Morgan fingerprint density at radius 3 is 2.66 bits per heavy atom. The van der Waals surface area contributed by atoms with Crippen molar-refractivity contribution >= 4 is 45.1 Å². The number of amides is 1. The molecule has 1 saturated heterocycles. The third kappa shape index (κ3) is 8.21. The summed E-state index contributed by atoms with van der Waals surface area (Å²) >= 11 is 3.05. The lowest BCUT2D eigenvalue weighted by atomic mass is 9.94. The summed E-state index contributed by atoms with van der Waals surface area (Å²) in [7, 11) is 0. The summed E-state index contributed by atoms with van der Waals surface area (Å²) in [6.45, 7) is 9.17. The molecule has 0 saturated carbocycles. The molecule has 0 spiro atoms. The van der Waals surface area contributed by atoms with Crippen molar-refractivity contribution in [3.8, 4) is 22.6 Å². The summed E-state index contributed by atoms with van der Waals surface area (Å²) < 4.78 is 18.2. The highest BCUT2D eigenvalue weighted by Crippen LogP contribution is 2.37. The monoisotopic (exact) mass is 675 g/mol. The topological polar surface area (TPSA) is 144 Å². The number of ether oxygens (including phenoxy) is 1. The van der Waals surface area contributed by atoms with Crippen LogP contribution in [-0.4, -0.2) is 57.1 Å². The van der Waals surface area contributed by atoms with Gasteiger partial charge in [0, 0.05) is 54.0 Å². The maximum absolute atomic E-state index is 13.0. The standard InChI is InChI=1S/C34H37N5O6S2/c1-34(2,3)27-18-36-28(45-27)20-46-30-19-37-33(47-30)38-32(42)22-7-12-39(13-8-22)11-4-14-43-23-15-25(40)31-24(21-5-9-35-10-6-21)17-29(41)44-26(31)16-23/h5-6,9-10,15-19,22,40H,4,7-8,11-14,20H2,1-3H3,(H,37,38,42). The molecule has 1 aliphatic rings. The number of nitrogens with one attached hydrogen (secondary N) is 1. The lowest BCUT2D eigenvalue weighted by Crippen LogP contribution is -2.38. The number of fused-ring (bicyclic) bond motifs is 1. The molecular weight excluding hydrogens is 639 g/mol. The molecular formula is C34H37N5O6S2. The van der Waals surface area contributed by atoms with E-state index in [2.05, 4.69) is 45.9 Å². The van der Waals surface area contributed by atoms with Crippen LogP contribution in [0, 0.1) is 5.92 Å². The van der Waals surface area contributed by atoms with E-state index in [1.807, 2.05) is 0 Å². The van der Waals surface area contributed by atoms with Gasteiger partial charge < -0.3 is 28.9 Å². The first-order valence-electron chi connectivity index (χ1n) is 15.5. The van der Waals surface area contributed by atoms with Gasteiger partial charge in [0.25, 0.3) is 0 Å². The van der Waals surface area contributed by atoms with Crippen LogP contribution in [0.25, 0.3) is 22.1 Å². The van der Waals surface area contributed by atoms with E-state index in [0.29, 0.717) is 40.1 Å². The SMILES string of the molecule is CC(C)(C)c1cnc(CSc2cnc(NC(=O)C3CCN(CCCOc4cc(O)c5c(-c6ccncc6)cc(=O)oc5c4)CC3)s2)o1. The molecule has 1 amide bonds. The molecule has 5 heterocycles. The Kier molecular flexibility index (Phi) is 9.95. The fourth-order valence-electron chi connectivity index (χ4n) is 5.44. The third-order valence-corrected chi connectivity index (χ3v) is 10.1. The fraction of sp³-hybridized carbons (Fsp3) is 0.382. The molecule has 4 aromatic heterocycles. The average molecular weight is 676 g/mol. The van der Waals surface area contributed by atoms with Crippen LogP contribution in [0.15, 0.2) is 73.0 Å². The Hall–Kier alpha value is -4.20. The molecule has 0 radical (unpaired) electrons. The Balaban J connectivity index is 0.930. The zero-order chi connectivity index (χ0) is 33.0. The minimum Gasteiger partial charge on any atom is -0.507 e. The van der Waals surface area contributed by atoms with Crippen molar-refractivity contribution in [2.24, 2.45) is 5.92 Å². The molecule has 2 N–H and O–H groups in total. The maximum Gasteiger partial charge on any atom is 0.336 e. The van der Waals surface area contributed by atoms with Crippen molar-refractivity contribution in [1.82, 2.24) is 19.9 Å². The number of phenols is 1. The molecule has 0 aliphatic carbocycles. The number of aromatic nitrogens is 3. The molecule has 1 aromatic carbocycles. The van der Waals surface area contributed by atoms with Crippen molar-refractivity contribution in [2.45, 2.75) is 55.4 Å². The fourth-order valence-corrected chi connectivity index (χ4v) is 7.17. The van der Waals surface area contributed by atoms with Gasteiger partial charge in [-0.05, 0) is 50.0 Å². The number of likely N-dealkylation sites (tertiary alicyclic amines) is 1. The second kappa shape index (κ2) is 14.3. The first-order valence-corrected chi connectivity index (χ1v) is 17.3. The number of hydrogen-bond donors (Lipinski definition) is 2. The normalized spacial score (nSPS) is 14.4. The number of nitrogens with zero attached hydrogens (tertiary/aromatic N) is 4. The first kappa shape index (κ1) is 32.7. The van der Waals surface area contributed by atoms with E-state index in [1.165, 1.54) is 17.4 Å². The Morgan fingerprint density at radius 1 is 1.13 bits per heavy atom. The number of phenolic OH excluding ortho intramolecular Hbond substituents is 1. The van der Waals surface area contributed by atoms with Gasteiger partial charge >= 0.3 is 5.63 Å². The number of oxazole rings is 1. The van der Waals surface area contributed by atoms with Crippen molar-refractivity contribution in [3.63, 3.8) is 0 Å². The van der Waals surface area contributed by atoms with Gasteiger partial charge in [0.2, 0.25) is 11.8 Å². The minimum atomic E-state index is -0.512. The number of anilines is 1. The van der Waals surface area contributed by atoms with Gasteiger partial charge in [-0.2, -0.15) is 0 Å². The number of carbonyl (C=O) groups is 1. The number of rotatable bonds is 11. The van der Waals surface area contributed by atoms with E-state index >= 15 is 0 Å². The highest BCUT2D eigenvalue weighted by atomic mass is 32.2. The van der Waals surface area contributed by atoms with Crippen LogP contribution in [0.5, 0.6) is 11.5 Å². The Labute approximate surface area is 280 Å². The third-order valence-electron chi connectivity index (χ3n) is 7.98. The van der Waals surface area contributed by atoms with Crippen LogP contribution >= 0.6 is 23.1 Å². The van der Waals surface area contributed by atoms with E-state index in [9.17, 15) is 14.7 Å². The van der Waals surface area contributed by atoms with E-state index in [1.54, 1.807) is 60.8 Å². The van der Waals surface area contributed by atoms with E-state index < -0.39 is 5.63 Å². The van der Waals surface area contributed by atoms with E-state index in [-0.39, 0.29) is 28.6 Å². The van der Waals surface area contributed by atoms with Gasteiger partial charge in [-0.25, -0.2) is 14.8 Å². The van der Waals surface area contributed by atoms with Gasteiger partial charge in [-0.1, -0.05) is 32.1 Å². The zero-order valence-electron chi connectivity index (χ0n) is 26.5. The number of pyridine rings is 1. The summed E-state index contributed by atoms with van der Waals surface area (Å²) in [6.07, 6.45) is 9.14. The molecule has 0 atom stereocenters. The van der Waals surface area contributed by atoms with Crippen molar-refractivity contribution in [3.05, 3.63) is 77.2 Å².